The number of hydrogen-bond donors (Lipinski definition) is 2. The third kappa shape index (κ3) is 3.40. The maximum atomic E-state index is 12.5. The number of benzene rings is 2. The van der Waals surface area contributed by atoms with Crippen molar-refractivity contribution in [1.29, 1.82) is 0 Å². The Morgan fingerprint density at radius 3 is 2.83 bits per heavy atom. The van der Waals surface area contributed by atoms with Gasteiger partial charge in [0.2, 0.25) is 0 Å². The quantitative estimate of drug-likeness (QED) is 0.755. The molecule has 0 aliphatic heterocycles. The van der Waals surface area contributed by atoms with E-state index in [0.717, 1.165) is 11.3 Å². The molecule has 2 aromatic carbocycles. The lowest BCUT2D eigenvalue weighted by molar-refractivity contribution is 0.102. The van der Waals surface area contributed by atoms with Gasteiger partial charge in [-0.25, -0.2) is 0 Å². The molecular weight excluding hydrogens is 290 g/mol. The summed E-state index contributed by atoms with van der Waals surface area (Å²) in [6, 6.07) is 16.7. The first-order valence-electron chi connectivity index (χ1n) is 7.41. The van der Waals surface area contributed by atoms with Crippen molar-refractivity contribution in [1.82, 2.24) is 10.2 Å². The number of para-hydroxylation sites is 1. The Labute approximate surface area is 134 Å². The third-order valence-corrected chi connectivity index (χ3v) is 3.36. The van der Waals surface area contributed by atoms with Gasteiger partial charge >= 0.3 is 0 Å². The molecule has 5 nitrogen and oxygen atoms in total. The number of ether oxygens (including phenoxy) is 1. The molecule has 2 N–H and O–H groups in total. The van der Waals surface area contributed by atoms with Crippen LogP contribution in [0.2, 0.25) is 0 Å². The molecule has 0 spiro atoms. The third-order valence-electron chi connectivity index (χ3n) is 3.36. The van der Waals surface area contributed by atoms with Crippen molar-refractivity contribution in [3.05, 3.63) is 66.4 Å². The molecule has 0 atom stereocenters. The smallest absolute Gasteiger partial charge is 0.259 e. The SMILES string of the molecule is CCOc1ccccc1C(=O)Nc1cccc(-c2ccn[nH]2)c1. The van der Waals surface area contributed by atoms with Crippen LogP contribution in [0.4, 0.5) is 5.69 Å². The van der Waals surface area contributed by atoms with Gasteiger partial charge in [0.05, 0.1) is 17.9 Å². The van der Waals surface area contributed by atoms with Crippen molar-refractivity contribution in [2.24, 2.45) is 0 Å². The van der Waals surface area contributed by atoms with Crippen LogP contribution in [0, 0.1) is 0 Å². The summed E-state index contributed by atoms with van der Waals surface area (Å²) in [4.78, 5) is 12.5. The van der Waals surface area contributed by atoms with Crippen LogP contribution in [0.1, 0.15) is 17.3 Å². The van der Waals surface area contributed by atoms with Crippen LogP contribution in [-0.2, 0) is 0 Å². The zero-order valence-corrected chi connectivity index (χ0v) is 12.7. The number of nitrogens with one attached hydrogen (secondary N) is 2. The number of aromatic nitrogens is 2. The van der Waals surface area contributed by atoms with Gasteiger partial charge in [-0.15, -0.1) is 0 Å². The van der Waals surface area contributed by atoms with E-state index in [1.165, 1.54) is 0 Å². The fraction of sp³-hybridized carbons (Fsp3) is 0.111. The van der Waals surface area contributed by atoms with E-state index in [2.05, 4.69) is 15.5 Å². The molecule has 0 saturated carbocycles. The first-order chi connectivity index (χ1) is 11.3. The van der Waals surface area contributed by atoms with Gasteiger partial charge in [0.15, 0.2) is 0 Å². The van der Waals surface area contributed by atoms with E-state index < -0.39 is 0 Å². The summed E-state index contributed by atoms with van der Waals surface area (Å²) >= 11 is 0. The summed E-state index contributed by atoms with van der Waals surface area (Å²) in [6.45, 7) is 2.40. The molecule has 116 valence electrons. The number of nitrogens with zero attached hydrogens (tertiary/aromatic N) is 1. The number of carbonyl (C=O) groups excluding carboxylic acids is 1. The fourth-order valence-corrected chi connectivity index (χ4v) is 2.32. The van der Waals surface area contributed by atoms with Crippen molar-refractivity contribution in [2.45, 2.75) is 6.92 Å². The molecule has 3 rings (SSSR count). The van der Waals surface area contributed by atoms with E-state index in [0.29, 0.717) is 23.6 Å². The Bertz CT molecular complexity index is 798. The average molecular weight is 307 g/mol. The van der Waals surface area contributed by atoms with E-state index in [1.54, 1.807) is 18.3 Å². The van der Waals surface area contributed by atoms with Crippen molar-refractivity contribution in [3.8, 4) is 17.0 Å². The second-order valence-electron chi connectivity index (χ2n) is 4.93. The van der Waals surface area contributed by atoms with E-state index in [-0.39, 0.29) is 5.91 Å². The lowest BCUT2D eigenvalue weighted by atomic mass is 10.1. The van der Waals surface area contributed by atoms with Crippen molar-refractivity contribution < 1.29 is 9.53 Å². The molecule has 1 aromatic heterocycles. The number of carbonyl (C=O) groups is 1. The monoisotopic (exact) mass is 307 g/mol. The maximum absolute atomic E-state index is 12.5. The second kappa shape index (κ2) is 6.79. The second-order valence-corrected chi connectivity index (χ2v) is 4.93. The molecular formula is C18H17N3O2. The standard InChI is InChI=1S/C18H17N3O2/c1-2-23-17-9-4-3-8-15(17)18(22)20-14-7-5-6-13(12-14)16-10-11-19-21-16/h3-12H,2H2,1H3,(H,19,21)(H,20,22). The number of rotatable bonds is 5. The van der Waals surface area contributed by atoms with Gasteiger partial charge in [0, 0.05) is 17.4 Å². The zero-order chi connectivity index (χ0) is 16.1. The molecule has 5 heteroatoms. The summed E-state index contributed by atoms with van der Waals surface area (Å²) in [5.41, 5.74) is 3.09. The van der Waals surface area contributed by atoms with Crippen LogP contribution in [0.15, 0.2) is 60.8 Å². The fourth-order valence-electron chi connectivity index (χ4n) is 2.32. The normalized spacial score (nSPS) is 10.3. The predicted octanol–water partition coefficient (Wildman–Crippen LogP) is 3.73. The summed E-state index contributed by atoms with van der Waals surface area (Å²) in [7, 11) is 0. The maximum Gasteiger partial charge on any atom is 0.259 e. The van der Waals surface area contributed by atoms with Gasteiger partial charge in [0.25, 0.3) is 5.91 Å². The highest BCUT2D eigenvalue weighted by atomic mass is 16.5. The first kappa shape index (κ1) is 14.8. The van der Waals surface area contributed by atoms with Crippen LogP contribution >= 0.6 is 0 Å². The predicted molar refractivity (Wildman–Crippen MR) is 89.6 cm³/mol. The van der Waals surface area contributed by atoms with Crippen molar-refractivity contribution >= 4 is 11.6 Å². The minimum absolute atomic E-state index is 0.198. The number of amides is 1. The van der Waals surface area contributed by atoms with Crippen molar-refractivity contribution in [3.63, 3.8) is 0 Å². The minimum Gasteiger partial charge on any atom is -0.493 e. The summed E-state index contributed by atoms with van der Waals surface area (Å²) in [5.74, 6) is 0.382. The van der Waals surface area contributed by atoms with Gasteiger partial charge in [-0.1, -0.05) is 24.3 Å². The molecule has 0 aliphatic carbocycles. The van der Waals surface area contributed by atoms with Gasteiger partial charge in [-0.2, -0.15) is 5.10 Å². The Hall–Kier alpha value is -3.08. The van der Waals surface area contributed by atoms with E-state index in [1.807, 2.05) is 49.4 Å². The van der Waals surface area contributed by atoms with E-state index in [4.69, 9.17) is 4.74 Å². The molecule has 1 heterocycles. The molecule has 1 amide bonds. The van der Waals surface area contributed by atoms with Crippen LogP contribution in [0.3, 0.4) is 0 Å². The number of hydrogen-bond acceptors (Lipinski definition) is 3. The summed E-state index contributed by atoms with van der Waals surface area (Å²) < 4.78 is 5.50. The number of anilines is 1. The molecule has 23 heavy (non-hydrogen) atoms. The average Bonchev–Trinajstić information content (AvgIpc) is 3.10. The van der Waals surface area contributed by atoms with Gasteiger partial charge < -0.3 is 10.1 Å². The molecule has 0 fully saturated rings. The summed E-state index contributed by atoms with van der Waals surface area (Å²) in [6.07, 6.45) is 1.69. The van der Waals surface area contributed by atoms with Gasteiger partial charge in [-0.05, 0) is 37.3 Å². The Morgan fingerprint density at radius 1 is 1.17 bits per heavy atom. The largest absolute Gasteiger partial charge is 0.493 e. The number of H-pyrrole nitrogens is 1. The molecule has 0 bridgehead atoms. The molecule has 0 saturated heterocycles. The Balaban J connectivity index is 1.82. The van der Waals surface area contributed by atoms with Crippen LogP contribution in [0.25, 0.3) is 11.3 Å². The van der Waals surface area contributed by atoms with Crippen molar-refractivity contribution in [2.75, 3.05) is 11.9 Å². The molecule has 0 unspecified atom stereocenters. The first-order valence-corrected chi connectivity index (χ1v) is 7.41. The molecule has 0 radical (unpaired) electrons. The van der Waals surface area contributed by atoms with Gasteiger partial charge in [-0.3, -0.25) is 9.89 Å². The lowest BCUT2D eigenvalue weighted by Crippen LogP contribution is -2.13. The minimum atomic E-state index is -0.198. The van der Waals surface area contributed by atoms with Crippen LogP contribution in [-0.4, -0.2) is 22.7 Å². The highest BCUT2D eigenvalue weighted by molar-refractivity contribution is 6.06. The highest BCUT2D eigenvalue weighted by Gasteiger charge is 2.12. The zero-order valence-electron chi connectivity index (χ0n) is 12.7. The number of aromatic amines is 1. The van der Waals surface area contributed by atoms with Crippen LogP contribution < -0.4 is 10.1 Å². The highest BCUT2D eigenvalue weighted by Crippen LogP contribution is 2.23. The molecule has 3 aromatic rings. The molecule has 0 aliphatic rings. The summed E-state index contributed by atoms with van der Waals surface area (Å²) in [5, 5.41) is 9.75. The van der Waals surface area contributed by atoms with Gasteiger partial charge in [0.1, 0.15) is 5.75 Å². The lowest BCUT2D eigenvalue weighted by Gasteiger charge is -2.11. The topological polar surface area (TPSA) is 67.0 Å². The van der Waals surface area contributed by atoms with Crippen LogP contribution in [0.5, 0.6) is 5.75 Å². The van der Waals surface area contributed by atoms with E-state index >= 15 is 0 Å². The van der Waals surface area contributed by atoms with E-state index in [9.17, 15) is 4.79 Å². The Morgan fingerprint density at radius 2 is 2.04 bits per heavy atom. The Kier molecular flexibility index (Phi) is 4.38.